The van der Waals surface area contributed by atoms with Gasteiger partial charge in [0.15, 0.2) is 0 Å². The van der Waals surface area contributed by atoms with Crippen LogP contribution < -0.4 is 0 Å². The van der Waals surface area contributed by atoms with Crippen LogP contribution in [0.25, 0.3) is 22.8 Å². The first-order valence-corrected chi connectivity index (χ1v) is 7.23. The van der Waals surface area contributed by atoms with Crippen LogP contribution in [-0.2, 0) is 0 Å². The van der Waals surface area contributed by atoms with Crippen molar-refractivity contribution in [2.24, 2.45) is 0 Å². The fraction of sp³-hybridized carbons (Fsp3) is 0. The summed E-state index contributed by atoms with van der Waals surface area (Å²) in [5.41, 5.74) is 1.53. The Labute approximate surface area is 133 Å². The molecular formula is C14H7BrCl2N2O. The highest BCUT2D eigenvalue weighted by molar-refractivity contribution is 9.10. The van der Waals surface area contributed by atoms with Crippen molar-refractivity contribution in [1.82, 2.24) is 10.1 Å². The van der Waals surface area contributed by atoms with Crippen molar-refractivity contribution in [2.75, 3.05) is 0 Å². The Morgan fingerprint density at radius 1 is 1.00 bits per heavy atom. The first-order valence-electron chi connectivity index (χ1n) is 5.68. The van der Waals surface area contributed by atoms with Gasteiger partial charge >= 0.3 is 0 Å². The van der Waals surface area contributed by atoms with Crippen LogP contribution in [0.1, 0.15) is 0 Å². The molecule has 1 aromatic heterocycles. The highest BCUT2D eigenvalue weighted by Crippen LogP contribution is 2.30. The van der Waals surface area contributed by atoms with E-state index in [4.69, 9.17) is 27.7 Å². The molecule has 0 bridgehead atoms. The zero-order chi connectivity index (χ0) is 14.1. The Balaban J connectivity index is 1.99. The van der Waals surface area contributed by atoms with Crippen LogP contribution in [0.15, 0.2) is 51.5 Å². The average molecular weight is 370 g/mol. The van der Waals surface area contributed by atoms with Gasteiger partial charge in [-0.25, -0.2) is 0 Å². The monoisotopic (exact) mass is 368 g/mol. The van der Waals surface area contributed by atoms with Crippen LogP contribution in [-0.4, -0.2) is 10.1 Å². The van der Waals surface area contributed by atoms with E-state index in [9.17, 15) is 0 Å². The molecule has 0 spiro atoms. The zero-order valence-corrected chi connectivity index (χ0v) is 13.1. The minimum Gasteiger partial charge on any atom is -0.334 e. The average Bonchev–Trinajstić information content (AvgIpc) is 2.89. The Bertz CT molecular complexity index is 756. The molecule has 2 aromatic carbocycles. The predicted octanol–water partition coefficient (Wildman–Crippen LogP) is 5.47. The van der Waals surface area contributed by atoms with Crippen LogP contribution in [0.3, 0.4) is 0 Å². The Hall–Kier alpha value is -1.36. The largest absolute Gasteiger partial charge is 0.334 e. The summed E-state index contributed by atoms with van der Waals surface area (Å²) in [4.78, 5) is 4.35. The molecule has 3 rings (SSSR count). The molecule has 0 saturated carbocycles. The van der Waals surface area contributed by atoms with Crippen molar-refractivity contribution in [3.8, 4) is 22.8 Å². The molecule has 0 aliphatic carbocycles. The molecule has 1 heterocycles. The van der Waals surface area contributed by atoms with Gasteiger partial charge < -0.3 is 4.52 Å². The number of halogens is 3. The molecule has 0 aliphatic rings. The van der Waals surface area contributed by atoms with Crippen LogP contribution >= 0.6 is 39.1 Å². The van der Waals surface area contributed by atoms with Crippen LogP contribution in [0, 0.1) is 0 Å². The number of benzene rings is 2. The van der Waals surface area contributed by atoms with Gasteiger partial charge in [-0.1, -0.05) is 44.3 Å². The highest BCUT2D eigenvalue weighted by atomic mass is 79.9. The van der Waals surface area contributed by atoms with Gasteiger partial charge in [0.2, 0.25) is 5.82 Å². The molecule has 3 nitrogen and oxygen atoms in total. The quantitative estimate of drug-likeness (QED) is 0.600. The van der Waals surface area contributed by atoms with Gasteiger partial charge in [0.1, 0.15) is 0 Å². The normalized spacial score (nSPS) is 10.8. The van der Waals surface area contributed by atoms with Gasteiger partial charge in [-0.3, -0.25) is 0 Å². The molecule has 6 heteroatoms. The molecule has 0 fully saturated rings. The van der Waals surface area contributed by atoms with Gasteiger partial charge in [0, 0.05) is 15.1 Å². The van der Waals surface area contributed by atoms with Crippen molar-refractivity contribution in [3.63, 3.8) is 0 Å². The van der Waals surface area contributed by atoms with E-state index in [1.807, 2.05) is 24.3 Å². The fourth-order valence-corrected chi connectivity index (χ4v) is 2.47. The molecule has 3 aromatic rings. The zero-order valence-electron chi connectivity index (χ0n) is 9.98. The van der Waals surface area contributed by atoms with E-state index in [1.54, 1.807) is 18.2 Å². The summed E-state index contributed by atoms with van der Waals surface area (Å²) in [5.74, 6) is 0.878. The highest BCUT2D eigenvalue weighted by Gasteiger charge is 2.13. The second kappa shape index (κ2) is 5.56. The van der Waals surface area contributed by atoms with E-state index in [0.29, 0.717) is 27.3 Å². The van der Waals surface area contributed by atoms with E-state index in [0.717, 1.165) is 10.0 Å². The Morgan fingerprint density at radius 3 is 2.45 bits per heavy atom. The summed E-state index contributed by atoms with van der Waals surface area (Å²) >= 11 is 15.4. The first-order chi connectivity index (χ1) is 9.63. The van der Waals surface area contributed by atoms with Crippen molar-refractivity contribution >= 4 is 39.1 Å². The third-order valence-corrected chi connectivity index (χ3v) is 3.77. The maximum Gasteiger partial charge on any atom is 0.259 e. The number of aromatic nitrogens is 2. The molecule has 0 amide bonds. The lowest BCUT2D eigenvalue weighted by molar-refractivity contribution is 0.432. The predicted molar refractivity (Wildman–Crippen MR) is 82.9 cm³/mol. The lowest BCUT2D eigenvalue weighted by Crippen LogP contribution is -1.82. The smallest absolute Gasteiger partial charge is 0.259 e. The van der Waals surface area contributed by atoms with Gasteiger partial charge in [-0.2, -0.15) is 4.98 Å². The lowest BCUT2D eigenvalue weighted by atomic mass is 10.2. The minimum absolute atomic E-state index is 0.365. The molecule has 20 heavy (non-hydrogen) atoms. The van der Waals surface area contributed by atoms with Crippen molar-refractivity contribution in [3.05, 3.63) is 57.0 Å². The van der Waals surface area contributed by atoms with E-state index in [-0.39, 0.29) is 0 Å². The molecule has 100 valence electrons. The van der Waals surface area contributed by atoms with Crippen molar-refractivity contribution < 1.29 is 4.52 Å². The molecule has 0 unspecified atom stereocenters. The van der Waals surface area contributed by atoms with E-state index < -0.39 is 0 Å². The van der Waals surface area contributed by atoms with Gasteiger partial charge in [-0.05, 0) is 42.5 Å². The third-order valence-electron chi connectivity index (χ3n) is 2.69. The maximum absolute atomic E-state index is 6.12. The first kappa shape index (κ1) is 13.6. The summed E-state index contributed by atoms with van der Waals surface area (Å²) in [6.07, 6.45) is 0. The Morgan fingerprint density at radius 2 is 1.75 bits per heavy atom. The van der Waals surface area contributed by atoms with Crippen LogP contribution in [0.2, 0.25) is 10.0 Å². The summed E-state index contributed by atoms with van der Waals surface area (Å²) in [6, 6.07) is 12.8. The molecule has 0 aliphatic heterocycles. The number of hydrogen-bond acceptors (Lipinski definition) is 3. The molecule has 0 radical (unpaired) electrons. The summed E-state index contributed by atoms with van der Waals surface area (Å²) in [7, 11) is 0. The van der Waals surface area contributed by atoms with Crippen LogP contribution in [0.5, 0.6) is 0 Å². The van der Waals surface area contributed by atoms with Crippen molar-refractivity contribution in [2.45, 2.75) is 0 Å². The van der Waals surface area contributed by atoms with E-state index >= 15 is 0 Å². The fourth-order valence-electron chi connectivity index (χ4n) is 1.71. The standard InChI is InChI=1S/C14H7BrCl2N2O/c15-9-3-1-8(2-4-9)13-18-14(20-19-13)11-6-5-10(16)7-12(11)17/h1-7H. The van der Waals surface area contributed by atoms with Gasteiger partial charge in [0.05, 0.1) is 10.6 Å². The third kappa shape index (κ3) is 2.73. The molecular weight excluding hydrogens is 363 g/mol. The number of nitrogens with zero attached hydrogens (tertiary/aromatic N) is 2. The Kier molecular flexibility index (Phi) is 3.78. The minimum atomic E-state index is 0.365. The SMILES string of the molecule is Clc1ccc(-c2nc(-c3ccc(Br)cc3)no2)c(Cl)c1. The second-order valence-corrected chi connectivity index (χ2v) is 5.81. The van der Waals surface area contributed by atoms with Gasteiger partial charge in [0.25, 0.3) is 5.89 Å². The lowest BCUT2D eigenvalue weighted by Gasteiger charge is -1.98. The van der Waals surface area contributed by atoms with E-state index in [2.05, 4.69) is 26.1 Å². The molecule has 0 atom stereocenters. The topological polar surface area (TPSA) is 38.9 Å². The second-order valence-electron chi connectivity index (χ2n) is 4.05. The number of rotatable bonds is 2. The number of hydrogen-bond donors (Lipinski definition) is 0. The van der Waals surface area contributed by atoms with Crippen molar-refractivity contribution in [1.29, 1.82) is 0 Å². The molecule has 0 saturated heterocycles. The summed E-state index contributed by atoms with van der Waals surface area (Å²) < 4.78 is 6.25. The molecule has 0 N–H and O–H groups in total. The van der Waals surface area contributed by atoms with E-state index in [1.165, 1.54) is 0 Å². The maximum atomic E-state index is 6.12. The van der Waals surface area contributed by atoms with Crippen LogP contribution in [0.4, 0.5) is 0 Å². The summed E-state index contributed by atoms with van der Waals surface area (Å²) in [5, 5.41) is 5.00. The van der Waals surface area contributed by atoms with Gasteiger partial charge in [-0.15, -0.1) is 0 Å². The summed E-state index contributed by atoms with van der Waals surface area (Å²) in [6.45, 7) is 0.